The largest absolute Gasteiger partial charge is 0.490 e. The van der Waals surface area contributed by atoms with Crippen molar-refractivity contribution in [3.63, 3.8) is 0 Å². The third kappa shape index (κ3) is 36.7. The van der Waals surface area contributed by atoms with Crippen molar-refractivity contribution in [2.75, 3.05) is 6.61 Å². The maximum absolute atomic E-state index is 15.0. The Kier molecular flexibility index (Phi) is 44.2. The van der Waals surface area contributed by atoms with Gasteiger partial charge in [-0.15, -0.1) is 34.0 Å². The number of carbonyl (C=O) groups excluding carboxylic acids is 3. The van der Waals surface area contributed by atoms with Crippen molar-refractivity contribution in [1.29, 1.82) is 0 Å². The predicted octanol–water partition coefficient (Wildman–Crippen LogP) is 29.2. The third-order valence-electron chi connectivity index (χ3n) is 21.2. The second-order valence-corrected chi connectivity index (χ2v) is 53.0. The molecule has 0 unspecified atom stereocenters. The van der Waals surface area contributed by atoms with Crippen LogP contribution in [0.1, 0.15) is 289 Å². The van der Waals surface area contributed by atoms with Gasteiger partial charge in [0.25, 0.3) is 0 Å². The number of rotatable bonds is 52. The van der Waals surface area contributed by atoms with Crippen molar-refractivity contribution in [3.8, 4) is 57.2 Å². The van der Waals surface area contributed by atoms with Gasteiger partial charge in [0.05, 0.1) is 48.8 Å². The Morgan fingerprint density at radius 1 is 0.325 bits per heavy atom. The van der Waals surface area contributed by atoms with E-state index in [9.17, 15) is 23.2 Å². The summed E-state index contributed by atoms with van der Waals surface area (Å²) in [5.41, 5.74) is 3.89. The highest BCUT2D eigenvalue weighted by molar-refractivity contribution is 7.15. The summed E-state index contributed by atoms with van der Waals surface area (Å²) < 4.78 is 52.2. The van der Waals surface area contributed by atoms with Gasteiger partial charge in [0.2, 0.25) is 5.82 Å². The number of aromatic nitrogens is 6. The highest BCUT2D eigenvalue weighted by atomic mass is 32.1. The van der Waals surface area contributed by atoms with Crippen molar-refractivity contribution in [3.05, 3.63) is 186 Å². The van der Waals surface area contributed by atoms with Crippen molar-refractivity contribution in [1.82, 2.24) is 29.9 Å². The van der Waals surface area contributed by atoms with Crippen LogP contribution in [0.15, 0.2) is 134 Å². The summed E-state index contributed by atoms with van der Waals surface area (Å²) in [6, 6.07) is 36.2. The smallest absolute Gasteiger partial charge is 0.353 e. The molecule has 3 aromatic carbocycles. The van der Waals surface area contributed by atoms with Crippen LogP contribution in [0.4, 0.5) is 8.78 Å². The number of halogens is 2. The topological polar surface area (TPSA) is 165 Å². The molecule has 9 aromatic rings. The molecule has 0 radical (unpaired) electrons. The van der Waals surface area contributed by atoms with Crippen LogP contribution < -0.4 is 18.9 Å². The molecule has 0 bridgehead atoms. The van der Waals surface area contributed by atoms with Gasteiger partial charge in [-0.2, -0.15) is 4.39 Å². The fraction of sp³-hybridized carbons (Fsp3) is 0.531. The van der Waals surface area contributed by atoms with Gasteiger partial charge in [-0.3, -0.25) is 0 Å². The molecule has 6 aromatic heterocycles. The fourth-order valence-corrected chi connectivity index (χ4v) is 28.2. The molecule has 0 fully saturated rings. The molecule has 636 valence electrons. The van der Waals surface area contributed by atoms with E-state index in [1.165, 1.54) is 237 Å². The molecule has 0 atom stereocenters. The van der Waals surface area contributed by atoms with Crippen LogP contribution in [0.25, 0.3) is 34.2 Å². The van der Waals surface area contributed by atoms with E-state index in [2.05, 4.69) is 123 Å². The van der Waals surface area contributed by atoms with Gasteiger partial charge in [0, 0.05) is 50.5 Å². The van der Waals surface area contributed by atoms with E-state index in [-0.39, 0.29) is 23.3 Å². The standard InChI is InChI=1S/C32H44F2N2O2SSi.C32H46N2O3SSi.C32H46N2O2SSi/c1-5-7-9-10-11-12-13-14-15-24-21-35-31(36-22-24)26-17-18-27(30(34)29(26)33)38-32(37)28-19-16-25(39-28)23-40(3,4)20-8-6-2;1-5-7-9-10-11-12-13-14-21-36-28-23-33-31(34-24-28)26-15-17-27(18-16-26)37-32(35)30-20-19-29(38-30)25-39(3,4)22-8-6-2;1-5-7-9-10-11-12-13-14-15-26-23-33-31(34-24-26)27-16-18-28(19-17-27)36-32(35)30-21-20-29(37-30)25-38(3,4)22-8-6-2/h16-19,21-22H,5-15,20,23H2,1-4H3;15-20,23-24H,5-14,21-22,25H2,1-4H3;16-21,23-24H,5-15,22,25H2,1-4H3. The number of ether oxygens (including phenoxy) is 4. The first-order chi connectivity index (χ1) is 56.5. The highest BCUT2D eigenvalue weighted by Crippen LogP contribution is 2.34. The molecule has 0 aliphatic carbocycles. The molecule has 9 rings (SSSR count). The number of benzene rings is 3. The minimum absolute atomic E-state index is 0.0615. The zero-order chi connectivity index (χ0) is 84.1. The number of carbonyl (C=O) groups is 3. The molecule has 0 aliphatic rings. The molecule has 0 saturated carbocycles. The average Bonchev–Trinajstić information content (AvgIpc) is 0.986. The first kappa shape index (κ1) is 96.8. The van der Waals surface area contributed by atoms with E-state index in [1.54, 1.807) is 65.7 Å². The summed E-state index contributed by atoms with van der Waals surface area (Å²) in [7, 11) is -3.95. The summed E-state index contributed by atoms with van der Waals surface area (Å²) in [5, 5.41) is 0. The molecule has 0 spiro atoms. The zero-order valence-electron chi connectivity index (χ0n) is 72.8. The second-order valence-electron chi connectivity index (χ2n) is 33.9. The third-order valence-corrected chi connectivity index (χ3v) is 34.3. The van der Waals surface area contributed by atoms with Gasteiger partial charge in [0.15, 0.2) is 34.8 Å². The van der Waals surface area contributed by atoms with Crippen molar-refractivity contribution in [2.45, 2.75) is 323 Å². The van der Waals surface area contributed by atoms with E-state index in [0.717, 1.165) is 65.4 Å². The van der Waals surface area contributed by atoms with Gasteiger partial charge < -0.3 is 18.9 Å². The summed E-state index contributed by atoms with van der Waals surface area (Å²) in [6.45, 7) is 28.6. The summed E-state index contributed by atoms with van der Waals surface area (Å²) >= 11 is 4.50. The van der Waals surface area contributed by atoms with Gasteiger partial charge in [0.1, 0.15) is 26.1 Å². The van der Waals surface area contributed by atoms with Gasteiger partial charge >= 0.3 is 17.9 Å². The van der Waals surface area contributed by atoms with Crippen LogP contribution in [0.2, 0.25) is 57.4 Å². The van der Waals surface area contributed by atoms with Gasteiger partial charge in [-0.25, -0.2) is 48.7 Å². The number of unbranched alkanes of at least 4 members (excludes halogenated alkanes) is 24. The van der Waals surface area contributed by atoms with Crippen LogP contribution in [-0.4, -0.2) is 78.6 Å². The van der Waals surface area contributed by atoms with E-state index in [0.29, 0.717) is 50.1 Å². The number of nitrogens with zero attached hydrogens (tertiary/aromatic N) is 6. The monoisotopic (exact) mass is 1700 g/mol. The number of hydrogen-bond acceptors (Lipinski definition) is 16. The van der Waals surface area contributed by atoms with Crippen LogP contribution >= 0.6 is 34.0 Å². The Bertz CT molecular complexity index is 4290. The molecular formula is C96H136F2N6O7S3Si3. The molecule has 0 N–H and O–H groups in total. The Balaban J connectivity index is 0.000000243. The number of thiophene rings is 3. The lowest BCUT2D eigenvalue weighted by Gasteiger charge is -2.21. The lowest BCUT2D eigenvalue weighted by Crippen LogP contribution is -2.28. The number of hydrogen-bond donors (Lipinski definition) is 0. The summed E-state index contributed by atoms with van der Waals surface area (Å²) in [4.78, 5) is 70.1. The predicted molar refractivity (Wildman–Crippen MR) is 494 cm³/mol. The van der Waals surface area contributed by atoms with Crippen molar-refractivity contribution in [2.24, 2.45) is 0 Å². The van der Waals surface area contributed by atoms with E-state index < -0.39 is 47.6 Å². The van der Waals surface area contributed by atoms with E-state index in [1.807, 2.05) is 67.0 Å². The molecule has 6 heterocycles. The van der Waals surface area contributed by atoms with Crippen molar-refractivity contribution >= 4 is 76.1 Å². The lowest BCUT2D eigenvalue weighted by atomic mass is 10.1. The Morgan fingerprint density at radius 2 is 0.641 bits per heavy atom. The SMILES string of the molecule is CCCCCCCCCCOc1cnc(-c2ccc(OC(=O)c3ccc(C[Si](C)(C)CCCC)s3)cc2)nc1.CCCCCCCCCCc1cnc(-c2ccc(OC(=O)c3ccc(C[Si](C)(C)CCCC)s3)c(F)c2F)nc1.CCCCCCCCCCc1cnc(-c2ccc(OC(=O)c3ccc(C[Si](C)(C)CCCC)s3)cc2)nc1. The van der Waals surface area contributed by atoms with Crippen molar-refractivity contribution < 1.29 is 42.1 Å². The summed E-state index contributed by atoms with van der Waals surface area (Å²) in [5.74, 6) is -0.902. The van der Waals surface area contributed by atoms with Crippen LogP contribution in [0, 0.1) is 11.6 Å². The molecule has 0 amide bonds. The van der Waals surface area contributed by atoms with Gasteiger partial charge in [-0.05, 0) is 158 Å². The minimum Gasteiger partial charge on any atom is -0.490 e. The minimum atomic E-state index is -1.40. The first-order valence-corrected chi connectivity index (χ1v) is 56.9. The van der Waals surface area contributed by atoms with Crippen LogP contribution in [0.5, 0.6) is 23.0 Å². The lowest BCUT2D eigenvalue weighted by molar-refractivity contribution is 0.0724. The Labute approximate surface area is 715 Å². The van der Waals surface area contributed by atoms with Crippen LogP contribution in [0.3, 0.4) is 0 Å². The zero-order valence-corrected chi connectivity index (χ0v) is 78.3. The first-order valence-electron chi connectivity index (χ1n) is 44.2. The normalized spacial score (nSPS) is 11.6. The van der Waals surface area contributed by atoms with E-state index >= 15 is 0 Å². The van der Waals surface area contributed by atoms with E-state index in [4.69, 9.17) is 18.9 Å². The summed E-state index contributed by atoms with van der Waals surface area (Å²) in [6.07, 6.45) is 50.8. The highest BCUT2D eigenvalue weighted by Gasteiger charge is 2.27. The molecule has 13 nitrogen and oxygen atoms in total. The fourth-order valence-electron chi connectivity index (χ4n) is 14.1. The maximum atomic E-state index is 15.0. The van der Waals surface area contributed by atoms with Gasteiger partial charge in [-0.1, -0.05) is 272 Å². The number of aryl methyl sites for hydroxylation is 2. The maximum Gasteiger partial charge on any atom is 0.353 e. The number of esters is 3. The Morgan fingerprint density at radius 3 is 1.00 bits per heavy atom. The average molecular weight is 1700 g/mol. The molecule has 0 aliphatic heterocycles. The molecular weight excluding hydrogens is 1570 g/mol. The quantitative estimate of drug-likeness (QED) is 0.0153. The Hall–Kier alpha value is -7.28. The molecule has 21 heteroatoms. The van der Waals surface area contributed by atoms with Crippen LogP contribution in [-0.2, 0) is 31.0 Å². The second kappa shape index (κ2) is 53.4. The molecule has 0 saturated heterocycles. The molecule has 117 heavy (non-hydrogen) atoms.